The van der Waals surface area contributed by atoms with Crippen LogP contribution in [0.5, 0.6) is 0 Å². The first kappa shape index (κ1) is 21.1. The van der Waals surface area contributed by atoms with Crippen molar-refractivity contribution in [2.24, 2.45) is 0 Å². The molecule has 3 aromatic carbocycles. The van der Waals surface area contributed by atoms with Gasteiger partial charge < -0.3 is 14.5 Å². The molecule has 0 fully saturated rings. The number of amides is 3. The van der Waals surface area contributed by atoms with Crippen LogP contribution in [0.3, 0.4) is 0 Å². The van der Waals surface area contributed by atoms with Crippen LogP contribution in [0.1, 0.15) is 36.8 Å². The highest BCUT2D eigenvalue weighted by molar-refractivity contribution is 6.21. The smallest absolute Gasteiger partial charge is 0.338 e. The van der Waals surface area contributed by atoms with E-state index in [1.807, 2.05) is 36.4 Å². The Labute approximate surface area is 193 Å². The van der Waals surface area contributed by atoms with E-state index in [4.69, 9.17) is 9.15 Å². The molecule has 8 heteroatoms. The summed E-state index contributed by atoms with van der Waals surface area (Å²) in [6, 6.07) is 20.5. The first-order valence-electron chi connectivity index (χ1n) is 10.5. The normalized spacial score (nSPS) is 12.6. The third kappa shape index (κ3) is 3.93. The number of carbonyl (C=O) groups is 4. The van der Waals surface area contributed by atoms with Crippen LogP contribution in [-0.2, 0) is 16.1 Å². The molecule has 5 rings (SSSR count). The number of fused-ring (bicyclic) bond motifs is 2. The van der Waals surface area contributed by atoms with Gasteiger partial charge in [0.1, 0.15) is 5.76 Å². The van der Waals surface area contributed by atoms with E-state index in [1.165, 1.54) is 24.5 Å². The molecule has 168 valence electrons. The molecule has 0 saturated heterocycles. The Bertz CT molecular complexity index is 1440. The minimum atomic E-state index is -0.777. The molecule has 0 aliphatic carbocycles. The number of hydrogen-bond acceptors (Lipinski definition) is 6. The number of anilines is 1. The van der Waals surface area contributed by atoms with Gasteiger partial charge in [0, 0.05) is 11.1 Å². The van der Waals surface area contributed by atoms with Crippen LogP contribution in [0.15, 0.2) is 83.5 Å². The summed E-state index contributed by atoms with van der Waals surface area (Å²) < 4.78 is 10.3. The molecule has 1 aliphatic rings. The number of nitrogens with zero attached hydrogens (tertiary/aromatic N) is 1. The van der Waals surface area contributed by atoms with E-state index in [9.17, 15) is 19.2 Å². The lowest BCUT2D eigenvalue weighted by Crippen LogP contribution is -2.28. The molecule has 0 spiro atoms. The number of nitrogens with one attached hydrogen (secondary N) is 1. The van der Waals surface area contributed by atoms with Crippen molar-refractivity contribution >= 4 is 40.2 Å². The summed E-state index contributed by atoms with van der Waals surface area (Å²) in [7, 11) is 0. The highest BCUT2D eigenvalue weighted by Crippen LogP contribution is 2.26. The van der Waals surface area contributed by atoms with Gasteiger partial charge in [-0.2, -0.15) is 0 Å². The van der Waals surface area contributed by atoms with Gasteiger partial charge in [-0.1, -0.05) is 36.4 Å². The number of esters is 1. The second kappa shape index (κ2) is 8.67. The topological polar surface area (TPSA) is 106 Å². The Kier molecular flexibility index (Phi) is 5.39. The number of benzene rings is 3. The van der Waals surface area contributed by atoms with Gasteiger partial charge in [-0.3, -0.25) is 19.3 Å². The third-order valence-electron chi connectivity index (χ3n) is 5.50. The maximum absolute atomic E-state index is 12.7. The quantitative estimate of drug-likeness (QED) is 0.348. The largest absolute Gasteiger partial charge is 0.467 e. The molecule has 2 heterocycles. The fourth-order valence-electron chi connectivity index (χ4n) is 3.85. The molecule has 1 N–H and O–H groups in total. The van der Waals surface area contributed by atoms with Gasteiger partial charge in [0.25, 0.3) is 17.7 Å². The summed E-state index contributed by atoms with van der Waals surface area (Å²) in [5, 5.41) is 4.58. The second-order valence-corrected chi connectivity index (χ2v) is 7.69. The lowest BCUT2D eigenvalue weighted by Gasteiger charge is -2.11. The maximum atomic E-state index is 12.7. The molecular weight excluding hydrogens is 436 g/mol. The van der Waals surface area contributed by atoms with Crippen molar-refractivity contribution in [1.29, 1.82) is 0 Å². The Hall–Kier alpha value is -4.72. The molecular formula is C26H18N2O6. The summed E-state index contributed by atoms with van der Waals surface area (Å²) in [6.07, 6.45) is 1.46. The minimum Gasteiger partial charge on any atom is -0.467 e. The van der Waals surface area contributed by atoms with Crippen molar-refractivity contribution in [3.63, 3.8) is 0 Å². The second-order valence-electron chi connectivity index (χ2n) is 7.69. The number of ether oxygens (including phenoxy) is 1. The summed E-state index contributed by atoms with van der Waals surface area (Å²) in [6.45, 7) is -0.510. The van der Waals surface area contributed by atoms with Crippen molar-refractivity contribution in [2.75, 3.05) is 11.9 Å². The first-order valence-corrected chi connectivity index (χ1v) is 10.5. The number of hydrogen-bond donors (Lipinski definition) is 1. The Morgan fingerprint density at radius 2 is 1.68 bits per heavy atom. The average Bonchev–Trinajstić information content (AvgIpc) is 3.45. The molecule has 34 heavy (non-hydrogen) atoms. The predicted molar refractivity (Wildman–Crippen MR) is 122 cm³/mol. The van der Waals surface area contributed by atoms with E-state index < -0.39 is 30.3 Å². The van der Waals surface area contributed by atoms with Gasteiger partial charge in [-0.15, -0.1) is 0 Å². The van der Waals surface area contributed by atoms with Crippen molar-refractivity contribution in [3.05, 3.63) is 102 Å². The fraction of sp³-hybridized carbons (Fsp3) is 0.0769. The maximum Gasteiger partial charge on any atom is 0.338 e. The Morgan fingerprint density at radius 3 is 2.50 bits per heavy atom. The van der Waals surface area contributed by atoms with Gasteiger partial charge >= 0.3 is 5.97 Å². The van der Waals surface area contributed by atoms with E-state index in [0.717, 1.165) is 15.7 Å². The van der Waals surface area contributed by atoms with Crippen molar-refractivity contribution in [1.82, 2.24) is 4.90 Å². The van der Waals surface area contributed by atoms with Crippen LogP contribution in [0.25, 0.3) is 10.8 Å². The number of imide groups is 1. The van der Waals surface area contributed by atoms with Crippen LogP contribution in [0.2, 0.25) is 0 Å². The third-order valence-corrected chi connectivity index (χ3v) is 5.50. The zero-order valence-electron chi connectivity index (χ0n) is 17.8. The van der Waals surface area contributed by atoms with Gasteiger partial charge in [-0.05, 0) is 41.8 Å². The monoisotopic (exact) mass is 454 g/mol. The van der Waals surface area contributed by atoms with Gasteiger partial charge in [0.15, 0.2) is 6.61 Å². The number of furan rings is 1. The fourth-order valence-corrected chi connectivity index (χ4v) is 3.85. The molecule has 8 nitrogen and oxygen atoms in total. The van der Waals surface area contributed by atoms with Crippen LogP contribution in [-0.4, -0.2) is 35.2 Å². The van der Waals surface area contributed by atoms with Crippen molar-refractivity contribution in [3.8, 4) is 0 Å². The molecule has 0 radical (unpaired) electrons. The molecule has 3 amide bonds. The summed E-state index contributed by atoms with van der Waals surface area (Å²) >= 11 is 0. The highest BCUT2D eigenvalue weighted by Gasteiger charge is 2.36. The number of rotatable bonds is 6. The van der Waals surface area contributed by atoms with E-state index >= 15 is 0 Å². The zero-order valence-corrected chi connectivity index (χ0v) is 17.8. The molecule has 0 atom stereocenters. The zero-order chi connectivity index (χ0) is 23.7. The van der Waals surface area contributed by atoms with Gasteiger partial charge in [0.2, 0.25) is 0 Å². The van der Waals surface area contributed by atoms with Crippen molar-refractivity contribution in [2.45, 2.75) is 6.54 Å². The Balaban J connectivity index is 1.25. The van der Waals surface area contributed by atoms with Crippen LogP contribution < -0.4 is 5.32 Å². The molecule has 0 saturated carbocycles. The molecule has 0 bridgehead atoms. The first-order chi connectivity index (χ1) is 16.5. The number of carbonyl (C=O) groups excluding carboxylic acids is 4. The van der Waals surface area contributed by atoms with Gasteiger partial charge in [0.05, 0.1) is 29.5 Å². The molecule has 0 unspecified atom stereocenters. The van der Waals surface area contributed by atoms with E-state index in [1.54, 1.807) is 18.2 Å². The molecule has 1 aliphatic heterocycles. The van der Waals surface area contributed by atoms with Crippen LogP contribution in [0.4, 0.5) is 5.69 Å². The standard InChI is InChI=1S/C26H18N2O6/c29-23(27-22-9-3-6-16-5-1-2-8-19(16)22)15-34-26(32)17-10-11-20-21(13-17)25(31)28(24(20)30)14-18-7-4-12-33-18/h1-13H,14-15H2,(H,27,29). The van der Waals surface area contributed by atoms with Crippen LogP contribution in [0, 0.1) is 0 Å². The molecule has 1 aromatic heterocycles. The molecule has 4 aromatic rings. The SMILES string of the molecule is O=C(COC(=O)c1ccc2c(c1)C(=O)N(Cc1ccco1)C2=O)Nc1cccc2ccccc12. The predicted octanol–water partition coefficient (Wildman–Crippen LogP) is 4.02. The lowest BCUT2D eigenvalue weighted by molar-refractivity contribution is -0.119. The van der Waals surface area contributed by atoms with E-state index in [-0.39, 0.29) is 23.2 Å². The van der Waals surface area contributed by atoms with E-state index in [0.29, 0.717) is 11.4 Å². The average molecular weight is 454 g/mol. The highest BCUT2D eigenvalue weighted by atomic mass is 16.5. The Morgan fingerprint density at radius 1 is 0.882 bits per heavy atom. The summed E-state index contributed by atoms with van der Waals surface area (Å²) in [5.74, 6) is -1.81. The van der Waals surface area contributed by atoms with Crippen LogP contribution >= 0.6 is 0 Å². The van der Waals surface area contributed by atoms with Gasteiger partial charge in [-0.25, -0.2) is 4.79 Å². The van der Waals surface area contributed by atoms with Crippen molar-refractivity contribution < 1.29 is 28.3 Å². The van der Waals surface area contributed by atoms with E-state index in [2.05, 4.69) is 5.32 Å². The lowest BCUT2D eigenvalue weighted by atomic mass is 10.1. The summed E-state index contributed by atoms with van der Waals surface area (Å²) in [5.41, 5.74) is 0.975. The minimum absolute atomic E-state index is 0.00648. The summed E-state index contributed by atoms with van der Waals surface area (Å²) in [4.78, 5) is 51.3.